The van der Waals surface area contributed by atoms with E-state index in [0.717, 1.165) is 50.6 Å². The number of nitrogens with one attached hydrogen (secondary N) is 1. The van der Waals surface area contributed by atoms with Crippen LogP contribution in [-0.2, 0) is 16.0 Å². The Bertz CT molecular complexity index is 379. The number of anilines is 1. The minimum atomic E-state index is 0.319. The Labute approximate surface area is 120 Å². The van der Waals surface area contributed by atoms with E-state index in [-0.39, 0.29) is 0 Å². The summed E-state index contributed by atoms with van der Waals surface area (Å²) < 4.78 is 10.6. The molecule has 1 saturated heterocycles. The second-order valence-electron chi connectivity index (χ2n) is 5.08. The summed E-state index contributed by atoms with van der Waals surface area (Å²) in [6, 6.07) is 0. The van der Waals surface area contributed by atoms with Gasteiger partial charge in [0.1, 0.15) is 0 Å². The summed E-state index contributed by atoms with van der Waals surface area (Å²) in [6.07, 6.45) is 6.35. The predicted octanol–water partition coefficient (Wildman–Crippen LogP) is 0.828. The number of nitrogens with zero attached hydrogens (tertiary/aromatic N) is 3. The maximum Gasteiger partial charge on any atom is 0.225 e. The van der Waals surface area contributed by atoms with E-state index in [2.05, 4.69) is 20.2 Å². The van der Waals surface area contributed by atoms with Gasteiger partial charge in [0.25, 0.3) is 0 Å². The number of hydrogen-bond donors (Lipinski definition) is 1. The van der Waals surface area contributed by atoms with Crippen LogP contribution in [0.25, 0.3) is 0 Å². The highest BCUT2D eigenvalue weighted by atomic mass is 16.5. The summed E-state index contributed by atoms with van der Waals surface area (Å²) >= 11 is 0. The van der Waals surface area contributed by atoms with Gasteiger partial charge < -0.3 is 19.7 Å². The molecule has 6 heteroatoms. The zero-order valence-electron chi connectivity index (χ0n) is 12.3. The lowest BCUT2D eigenvalue weighted by molar-refractivity contribution is 0.116. The van der Waals surface area contributed by atoms with Crippen LogP contribution >= 0.6 is 0 Å². The van der Waals surface area contributed by atoms with Crippen molar-refractivity contribution in [3.8, 4) is 0 Å². The molecule has 0 bridgehead atoms. The molecule has 0 saturated carbocycles. The maximum atomic E-state index is 5.63. The van der Waals surface area contributed by atoms with Gasteiger partial charge in [-0.25, -0.2) is 9.97 Å². The van der Waals surface area contributed by atoms with Gasteiger partial charge in [0.05, 0.1) is 12.7 Å². The van der Waals surface area contributed by atoms with E-state index in [1.807, 2.05) is 19.4 Å². The van der Waals surface area contributed by atoms with Crippen LogP contribution < -0.4 is 10.2 Å². The fourth-order valence-corrected chi connectivity index (χ4v) is 2.22. The van der Waals surface area contributed by atoms with Gasteiger partial charge in [-0.2, -0.15) is 0 Å². The van der Waals surface area contributed by atoms with Crippen LogP contribution in [0.3, 0.4) is 0 Å². The monoisotopic (exact) mass is 280 g/mol. The fourth-order valence-electron chi connectivity index (χ4n) is 2.22. The Hall–Kier alpha value is -1.24. The molecule has 112 valence electrons. The quantitative estimate of drug-likeness (QED) is 0.712. The smallest absolute Gasteiger partial charge is 0.225 e. The number of rotatable bonds is 8. The molecule has 0 amide bonds. The summed E-state index contributed by atoms with van der Waals surface area (Å²) in [5.41, 5.74) is 1.08. The second-order valence-corrected chi connectivity index (χ2v) is 5.08. The zero-order valence-corrected chi connectivity index (χ0v) is 12.3. The van der Waals surface area contributed by atoms with Crippen molar-refractivity contribution in [2.45, 2.75) is 25.5 Å². The first-order chi connectivity index (χ1) is 9.79. The molecule has 2 rings (SSSR count). The molecular weight excluding hydrogens is 256 g/mol. The first-order valence-electron chi connectivity index (χ1n) is 7.13. The van der Waals surface area contributed by atoms with Crippen LogP contribution in [0.2, 0.25) is 0 Å². The Kier molecular flexibility index (Phi) is 6.17. The Morgan fingerprint density at radius 2 is 2.25 bits per heavy atom. The summed E-state index contributed by atoms with van der Waals surface area (Å²) in [5.74, 6) is 0.751. The van der Waals surface area contributed by atoms with Gasteiger partial charge in [0.15, 0.2) is 0 Å². The van der Waals surface area contributed by atoms with Gasteiger partial charge in [-0.1, -0.05) is 0 Å². The summed E-state index contributed by atoms with van der Waals surface area (Å²) in [5, 5.41) is 3.27. The van der Waals surface area contributed by atoms with Crippen molar-refractivity contribution in [3.63, 3.8) is 0 Å². The standard InChI is InChI=1S/C14H24N4O2/c1-18(11-13-4-3-6-20-13)14-16-9-12(10-17-14)8-15-5-7-19-2/h9-10,13,15H,3-8,11H2,1-2H3. The molecule has 20 heavy (non-hydrogen) atoms. The van der Waals surface area contributed by atoms with E-state index in [1.165, 1.54) is 0 Å². The number of likely N-dealkylation sites (N-methyl/N-ethyl adjacent to an activating group) is 1. The summed E-state index contributed by atoms with van der Waals surface area (Å²) in [4.78, 5) is 10.9. The third kappa shape index (κ3) is 4.70. The van der Waals surface area contributed by atoms with Crippen molar-refractivity contribution in [3.05, 3.63) is 18.0 Å². The van der Waals surface area contributed by atoms with Crippen molar-refractivity contribution in [2.24, 2.45) is 0 Å². The molecule has 1 N–H and O–H groups in total. The van der Waals surface area contributed by atoms with Crippen LogP contribution in [0.4, 0.5) is 5.95 Å². The van der Waals surface area contributed by atoms with Gasteiger partial charge in [0, 0.05) is 58.4 Å². The SMILES string of the molecule is COCCNCc1cnc(N(C)CC2CCCO2)nc1. The van der Waals surface area contributed by atoms with Gasteiger partial charge in [-0.3, -0.25) is 0 Å². The first kappa shape index (κ1) is 15.2. The van der Waals surface area contributed by atoms with Crippen molar-refractivity contribution >= 4 is 5.95 Å². The van der Waals surface area contributed by atoms with Crippen LogP contribution in [-0.4, -0.2) is 56.5 Å². The molecule has 1 aromatic heterocycles. The topological polar surface area (TPSA) is 59.5 Å². The molecule has 1 atom stereocenters. The minimum Gasteiger partial charge on any atom is -0.383 e. The average molecular weight is 280 g/mol. The number of aromatic nitrogens is 2. The first-order valence-corrected chi connectivity index (χ1v) is 7.13. The Balaban J connectivity index is 1.77. The molecule has 0 spiro atoms. The van der Waals surface area contributed by atoms with Gasteiger partial charge >= 0.3 is 0 Å². The van der Waals surface area contributed by atoms with Crippen LogP contribution in [0, 0.1) is 0 Å². The average Bonchev–Trinajstić information content (AvgIpc) is 2.97. The third-order valence-corrected chi connectivity index (χ3v) is 3.35. The van der Waals surface area contributed by atoms with E-state index >= 15 is 0 Å². The fraction of sp³-hybridized carbons (Fsp3) is 0.714. The van der Waals surface area contributed by atoms with E-state index in [4.69, 9.17) is 9.47 Å². The molecular formula is C14H24N4O2. The van der Waals surface area contributed by atoms with E-state index in [0.29, 0.717) is 12.7 Å². The minimum absolute atomic E-state index is 0.319. The molecule has 0 aliphatic carbocycles. The van der Waals surface area contributed by atoms with Gasteiger partial charge in [0.2, 0.25) is 5.95 Å². The number of methoxy groups -OCH3 is 1. The lowest BCUT2D eigenvalue weighted by Crippen LogP contribution is -2.30. The van der Waals surface area contributed by atoms with E-state index in [1.54, 1.807) is 7.11 Å². The molecule has 6 nitrogen and oxygen atoms in total. The third-order valence-electron chi connectivity index (χ3n) is 3.35. The molecule has 1 aliphatic heterocycles. The normalized spacial score (nSPS) is 18.4. The molecule has 0 radical (unpaired) electrons. The lowest BCUT2D eigenvalue weighted by Gasteiger charge is -2.20. The number of hydrogen-bond acceptors (Lipinski definition) is 6. The van der Waals surface area contributed by atoms with Crippen LogP contribution in [0.15, 0.2) is 12.4 Å². The summed E-state index contributed by atoms with van der Waals surface area (Å²) in [6.45, 7) is 4.04. The lowest BCUT2D eigenvalue weighted by atomic mass is 10.2. The molecule has 1 fully saturated rings. The predicted molar refractivity (Wildman–Crippen MR) is 77.9 cm³/mol. The largest absolute Gasteiger partial charge is 0.383 e. The van der Waals surface area contributed by atoms with Crippen molar-refractivity contribution in [1.29, 1.82) is 0 Å². The van der Waals surface area contributed by atoms with Crippen molar-refractivity contribution in [2.75, 3.05) is 45.4 Å². The Morgan fingerprint density at radius 3 is 2.90 bits per heavy atom. The molecule has 0 aromatic carbocycles. The highest BCUT2D eigenvalue weighted by Gasteiger charge is 2.18. The highest BCUT2D eigenvalue weighted by Crippen LogP contribution is 2.15. The molecule has 1 aliphatic rings. The van der Waals surface area contributed by atoms with Crippen molar-refractivity contribution < 1.29 is 9.47 Å². The zero-order chi connectivity index (χ0) is 14.2. The Morgan fingerprint density at radius 1 is 1.45 bits per heavy atom. The van der Waals surface area contributed by atoms with Gasteiger partial charge in [-0.15, -0.1) is 0 Å². The van der Waals surface area contributed by atoms with E-state index < -0.39 is 0 Å². The molecule has 2 heterocycles. The summed E-state index contributed by atoms with van der Waals surface area (Å²) in [7, 11) is 3.71. The van der Waals surface area contributed by atoms with Crippen molar-refractivity contribution in [1.82, 2.24) is 15.3 Å². The highest BCUT2D eigenvalue weighted by molar-refractivity contribution is 5.28. The van der Waals surface area contributed by atoms with E-state index in [9.17, 15) is 0 Å². The molecule has 1 unspecified atom stereocenters. The molecule has 1 aromatic rings. The van der Waals surface area contributed by atoms with Crippen LogP contribution in [0.5, 0.6) is 0 Å². The second kappa shape index (κ2) is 8.14. The maximum absolute atomic E-state index is 5.63. The van der Waals surface area contributed by atoms with Crippen LogP contribution in [0.1, 0.15) is 18.4 Å². The number of ether oxygens (including phenoxy) is 2. The van der Waals surface area contributed by atoms with Gasteiger partial charge in [-0.05, 0) is 12.8 Å².